The van der Waals surface area contributed by atoms with Gasteiger partial charge in [0.15, 0.2) is 0 Å². The molecule has 2 N–H and O–H groups in total. The summed E-state index contributed by atoms with van der Waals surface area (Å²) >= 11 is 0. The Morgan fingerprint density at radius 1 is 1.33 bits per heavy atom. The summed E-state index contributed by atoms with van der Waals surface area (Å²) in [5.74, 6) is -0.118. The SMILES string of the molecule is CC(=O)N(C)c1ccc(C)c(N(O)O)c1. The third-order valence-corrected chi connectivity index (χ3v) is 2.27. The Labute approximate surface area is 88.1 Å². The topological polar surface area (TPSA) is 64.0 Å². The second-order valence-electron chi connectivity index (χ2n) is 3.34. The minimum Gasteiger partial charge on any atom is -0.316 e. The minimum absolute atomic E-state index is 0.0484. The Balaban J connectivity index is 3.13. The van der Waals surface area contributed by atoms with Crippen LogP contribution in [-0.2, 0) is 4.79 Å². The van der Waals surface area contributed by atoms with Gasteiger partial charge in [-0.2, -0.15) is 0 Å². The number of hydrogen-bond acceptors (Lipinski definition) is 4. The van der Waals surface area contributed by atoms with Crippen molar-refractivity contribution in [3.05, 3.63) is 23.8 Å². The summed E-state index contributed by atoms with van der Waals surface area (Å²) in [6.07, 6.45) is 0. The number of benzene rings is 1. The Morgan fingerprint density at radius 2 is 1.93 bits per heavy atom. The van der Waals surface area contributed by atoms with Crippen molar-refractivity contribution in [2.45, 2.75) is 13.8 Å². The molecular weight excluding hydrogens is 196 g/mol. The fourth-order valence-electron chi connectivity index (χ4n) is 1.20. The van der Waals surface area contributed by atoms with Crippen LogP contribution in [0, 0.1) is 6.92 Å². The van der Waals surface area contributed by atoms with Gasteiger partial charge in [-0.15, -0.1) is 5.23 Å². The molecule has 0 spiro atoms. The zero-order valence-electron chi connectivity index (χ0n) is 8.93. The molecule has 0 aliphatic heterocycles. The van der Waals surface area contributed by atoms with Crippen molar-refractivity contribution in [1.82, 2.24) is 0 Å². The Morgan fingerprint density at radius 3 is 2.40 bits per heavy atom. The number of rotatable bonds is 2. The van der Waals surface area contributed by atoms with Gasteiger partial charge in [0.25, 0.3) is 0 Å². The summed E-state index contributed by atoms with van der Waals surface area (Å²) in [5.41, 5.74) is 1.57. The highest BCUT2D eigenvalue weighted by molar-refractivity contribution is 5.91. The standard InChI is InChI=1S/C10H14N2O3/c1-7-4-5-9(11(3)8(2)13)6-10(7)12(14)15/h4-6,14-15H,1-3H3. The average molecular weight is 210 g/mol. The van der Waals surface area contributed by atoms with Gasteiger partial charge in [0.1, 0.15) is 0 Å². The van der Waals surface area contributed by atoms with Crippen molar-refractivity contribution in [2.24, 2.45) is 0 Å². The largest absolute Gasteiger partial charge is 0.316 e. The lowest BCUT2D eigenvalue weighted by Gasteiger charge is -2.18. The monoisotopic (exact) mass is 210 g/mol. The first kappa shape index (κ1) is 11.5. The van der Waals surface area contributed by atoms with E-state index in [1.165, 1.54) is 17.9 Å². The lowest BCUT2D eigenvalue weighted by molar-refractivity contribution is -0.116. The zero-order chi connectivity index (χ0) is 11.6. The number of anilines is 2. The van der Waals surface area contributed by atoms with Gasteiger partial charge in [0.05, 0.1) is 5.69 Å². The smallest absolute Gasteiger partial charge is 0.223 e. The van der Waals surface area contributed by atoms with E-state index in [1.807, 2.05) is 0 Å². The number of carbonyl (C=O) groups excluding carboxylic acids is 1. The van der Waals surface area contributed by atoms with Crippen LogP contribution in [0.2, 0.25) is 0 Å². The minimum atomic E-state index is -0.118. The van der Waals surface area contributed by atoms with Gasteiger partial charge >= 0.3 is 0 Å². The molecular formula is C10H14N2O3. The molecule has 0 aromatic heterocycles. The maximum atomic E-state index is 11.1. The summed E-state index contributed by atoms with van der Waals surface area (Å²) in [7, 11) is 1.62. The quantitative estimate of drug-likeness (QED) is 0.727. The van der Waals surface area contributed by atoms with Crippen molar-refractivity contribution in [1.29, 1.82) is 0 Å². The highest BCUT2D eigenvalue weighted by Crippen LogP contribution is 2.24. The molecule has 82 valence electrons. The molecule has 0 saturated heterocycles. The van der Waals surface area contributed by atoms with Crippen molar-refractivity contribution in [2.75, 3.05) is 17.2 Å². The Hall–Kier alpha value is -1.59. The molecule has 0 heterocycles. The molecule has 0 atom stereocenters. The van der Waals surface area contributed by atoms with E-state index in [9.17, 15) is 4.79 Å². The highest BCUT2D eigenvalue weighted by Gasteiger charge is 2.10. The van der Waals surface area contributed by atoms with Crippen LogP contribution >= 0.6 is 0 Å². The third-order valence-electron chi connectivity index (χ3n) is 2.27. The first-order chi connectivity index (χ1) is 6.93. The van der Waals surface area contributed by atoms with Gasteiger partial charge in [0, 0.05) is 19.7 Å². The molecule has 0 fully saturated rings. The normalized spacial score (nSPS) is 9.93. The molecule has 0 aliphatic carbocycles. The molecule has 5 heteroatoms. The second-order valence-corrected chi connectivity index (χ2v) is 3.34. The van der Waals surface area contributed by atoms with Crippen LogP contribution in [0.4, 0.5) is 11.4 Å². The van der Waals surface area contributed by atoms with Crippen LogP contribution in [0.25, 0.3) is 0 Å². The van der Waals surface area contributed by atoms with E-state index in [1.54, 1.807) is 26.1 Å². The number of nitrogens with zero attached hydrogens (tertiary/aromatic N) is 2. The molecule has 0 saturated carbocycles. The highest BCUT2D eigenvalue weighted by atomic mass is 16.8. The van der Waals surface area contributed by atoms with Gasteiger partial charge < -0.3 is 4.90 Å². The van der Waals surface area contributed by atoms with Crippen molar-refractivity contribution < 1.29 is 15.2 Å². The van der Waals surface area contributed by atoms with Gasteiger partial charge in [-0.05, 0) is 24.6 Å². The summed E-state index contributed by atoms with van der Waals surface area (Å²) in [4.78, 5) is 12.5. The molecule has 0 radical (unpaired) electrons. The van der Waals surface area contributed by atoms with Crippen molar-refractivity contribution in [3.8, 4) is 0 Å². The Kier molecular flexibility index (Phi) is 3.28. The molecule has 0 aliphatic rings. The fourth-order valence-corrected chi connectivity index (χ4v) is 1.20. The van der Waals surface area contributed by atoms with Crippen LogP contribution in [-0.4, -0.2) is 23.4 Å². The van der Waals surface area contributed by atoms with Gasteiger partial charge in [-0.25, -0.2) is 0 Å². The predicted octanol–water partition coefficient (Wildman–Crippen LogP) is 1.56. The zero-order valence-corrected chi connectivity index (χ0v) is 8.93. The van der Waals surface area contributed by atoms with Gasteiger partial charge in [-0.1, -0.05) is 6.07 Å². The Bertz CT molecular complexity index is 377. The number of hydrogen-bond donors (Lipinski definition) is 2. The van der Waals surface area contributed by atoms with E-state index in [4.69, 9.17) is 10.4 Å². The van der Waals surface area contributed by atoms with E-state index in [-0.39, 0.29) is 16.8 Å². The van der Waals surface area contributed by atoms with E-state index >= 15 is 0 Å². The van der Waals surface area contributed by atoms with Crippen LogP contribution in [0.1, 0.15) is 12.5 Å². The fraction of sp³-hybridized carbons (Fsp3) is 0.300. The van der Waals surface area contributed by atoms with E-state index in [0.29, 0.717) is 11.3 Å². The average Bonchev–Trinajstić information content (AvgIpc) is 2.16. The first-order valence-corrected chi connectivity index (χ1v) is 4.46. The lowest BCUT2D eigenvalue weighted by atomic mass is 10.1. The van der Waals surface area contributed by atoms with Crippen LogP contribution in [0.3, 0.4) is 0 Å². The summed E-state index contributed by atoms with van der Waals surface area (Å²) < 4.78 is 0. The second kappa shape index (κ2) is 4.29. The van der Waals surface area contributed by atoms with E-state index in [2.05, 4.69) is 0 Å². The van der Waals surface area contributed by atoms with Crippen LogP contribution < -0.4 is 10.1 Å². The third kappa shape index (κ3) is 2.45. The summed E-state index contributed by atoms with van der Waals surface area (Å²) in [5, 5.41) is 17.9. The molecule has 5 nitrogen and oxygen atoms in total. The molecule has 0 bridgehead atoms. The maximum absolute atomic E-state index is 11.1. The molecule has 1 rings (SSSR count). The van der Waals surface area contributed by atoms with Crippen molar-refractivity contribution in [3.63, 3.8) is 0 Å². The van der Waals surface area contributed by atoms with Crippen LogP contribution in [0.5, 0.6) is 0 Å². The summed E-state index contributed by atoms with van der Waals surface area (Å²) in [6.45, 7) is 3.18. The molecule has 0 unspecified atom stereocenters. The molecule has 1 aromatic rings. The van der Waals surface area contributed by atoms with E-state index in [0.717, 1.165) is 0 Å². The van der Waals surface area contributed by atoms with Gasteiger partial charge in [0.2, 0.25) is 5.91 Å². The summed E-state index contributed by atoms with van der Waals surface area (Å²) in [6, 6.07) is 4.98. The predicted molar refractivity (Wildman–Crippen MR) is 56.3 cm³/mol. The van der Waals surface area contributed by atoms with Crippen molar-refractivity contribution >= 4 is 17.3 Å². The lowest BCUT2D eigenvalue weighted by Crippen LogP contribution is -2.23. The van der Waals surface area contributed by atoms with E-state index < -0.39 is 0 Å². The molecule has 15 heavy (non-hydrogen) atoms. The number of carbonyl (C=O) groups is 1. The molecule has 1 aromatic carbocycles. The van der Waals surface area contributed by atoms with Crippen LogP contribution in [0.15, 0.2) is 18.2 Å². The number of amides is 1. The first-order valence-electron chi connectivity index (χ1n) is 4.46. The molecule has 1 amide bonds. The van der Waals surface area contributed by atoms with Gasteiger partial charge in [-0.3, -0.25) is 15.2 Å². The number of aryl methyl sites for hydroxylation is 1. The maximum Gasteiger partial charge on any atom is 0.223 e.